The molecular weight excluding hydrogens is 116 g/mol. The van der Waals surface area contributed by atoms with Crippen LogP contribution in [-0.4, -0.2) is 17.5 Å². The summed E-state index contributed by atoms with van der Waals surface area (Å²) in [7, 11) is 0. The quantitative estimate of drug-likeness (QED) is 0.483. The Bertz CT molecular complexity index is 142. The van der Waals surface area contributed by atoms with Crippen LogP contribution in [0.5, 0.6) is 0 Å². The minimum Gasteiger partial charge on any atom is -0.367 e. The third-order valence-corrected chi connectivity index (χ3v) is 2.05. The van der Waals surface area contributed by atoms with Crippen molar-refractivity contribution in [3.63, 3.8) is 0 Å². The Morgan fingerprint density at radius 3 is 3.00 bits per heavy atom. The minimum absolute atomic E-state index is 0.304. The van der Waals surface area contributed by atoms with Crippen LogP contribution in [-0.2, 0) is 4.74 Å². The van der Waals surface area contributed by atoms with Crippen LogP contribution in [0.25, 0.3) is 0 Å². The van der Waals surface area contributed by atoms with Gasteiger partial charge in [0.25, 0.3) is 0 Å². The zero-order valence-electron chi connectivity index (χ0n) is 5.16. The molecule has 0 aromatic heterocycles. The largest absolute Gasteiger partial charge is 0.367 e. The summed E-state index contributed by atoms with van der Waals surface area (Å²) in [4.78, 5) is 0. The number of aliphatic hydroxyl groups is 1. The van der Waals surface area contributed by atoms with Gasteiger partial charge in [0.2, 0.25) is 0 Å². The average molecular weight is 126 g/mol. The molecule has 1 fully saturated rings. The summed E-state index contributed by atoms with van der Waals surface area (Å²) in [5.41, 5.74) is 0. The van der Waals surface area contributed by atoms with Crippen LogP contribution < -0.4 is 0 Å². The van der Waals surface area contributed by atoms with Gasteiger partial charge in [0.15, 0.2) is 6.29 Å². The standard InChI is InChI=1S/C7H10O2/c8-7-5-3-1-2-4-6(5)9-7/h1,3,5-8H,2,4H2. The first-order valence-electron chi connectivity index (χ1n) is 3.38. The van der Waals surface area contributed by atoms with Crippen molar-refractivity contribution in [1.29, 1.82) is 0 Å². The monoisotopic (exact) mass is 126 g/mol. The molecule has 2 nitrogen and oxygen atoms in total. The highest BCUT2D eigenvalue weighted by molar-refractivity contribution is 5.03. The number of ether oxygens (including phenoxy) is 1. The molecule has 0 bridgehead atoms. The highest BCUT2D eigenvalue weighted by Gasteiger charge is 2.39. The van der Waals surface area contributed by atoms with Crippen LogP contribution in [0.3, 0.4) is 0 Å². The summed E-state index contributed by atoms with van der Waals surface area (Å²) < 4.78 is 5.05. The predicted molar refractivity (Wildman–Crippen MR) is 32.7 cm³/mol. The molecule has 0 saturated carbocycles. The molecule has 2 heteroatoms. The third kappa shape index (κ3) is 0.705. The van der Waals surface area contributed by atoms with Gasteiger partial charge >= 0.3 is 0 Å². The fraction of sp³-hybridized carbons (Fsp3) is 0.714. The van der Waals surface area contributed by atoms with Crippen molar-refractivity contribution >= 4 is 0 Å². The molecule has 1 N–H and O–H groups in total. The Balaban J connectivity index is 2.07. The van der Waals surface area contributed by atoms with Crippen LogP contribution in [0.2, 0.25) is 0 Å². The fourth-order valence-corrected chi connectivity index (χ4v) is 1.45. The lowest BCUT2D eigenvalue weighted by Gasteiger charge is -2.41. The van der Waals surface area contributed by atoms with Crippen molar-refractivity contribution in [3.8, 4) is 0 Å². The maximum absolute atomic E-state index is 8.97. The summed E-state index contributed by atoms with van der Waals surface area (Å²) >= 11 is 0. The topological polar surface area (TPSA) is 29.5 Å². The number of rotatable bonds is 0. The molecule has 1 heterocycles. The van der Waals surface area contributed by atoms with Gasteiger partial charge in [0.05, 0.1) is 12.0 Å². The molecule has 1 saturated heterocycles. The second kappa shape index (κ2) is 1.82. The van der Waals surface area contributed by atoms with Crippen LogP contribution in [0.4, 0.5) is 0 Å². The Morgan fingerprint density at radius 1 is 1.56 bits per heavy atom. The lowest BCUT2D eigenvalue weighted by atomic mass is 9.87. The molecule has 2 rings (SSSR count). The maximum Gasteiger partial charge on any atom is 0.163 e. The normalized spacial score (nSPS) is 47.9. The summed E-state index contributed by atoms with van der Waals surface area (Å²) in [6.45, 7) is 0. The Hall–Kier alpha value is -0.340. The van der Waals surface area contributed by atoms with Gasteiger partial charge in [0, 0.05) is 0 Å². The summed E-state index contributed by atoms with van der Waals surface area (Å²) in [5, 5.41) is 8.97. The SMILES string of the molecule is OC1OC2CCC=CC12. The smallest absolute Gasteiger partial charge is 0.163 e. The van der Waals surface area contributed by atoms with Crippen LogP contribution >= 0.6 is 0 Å². The molecular formula is C7H10O2. The molecule has 1 aliphatic carbocycles. The first-order valence-corrected chi connectivity index (χ1v) is 3.38. The zero-order chi connectivity index (χ0) is 6.27. The van der Waals surface area contributed by atoms with Crippen LogP contribution in [0.15, 0.2) is 12.2 Å². The number of fused-ring (bicyclic) bond motifs is 1. The molecule has 9 heavy (non-hydrogen) atoms. The van der Waals surface area contributed by atoms with Crippen molar-refractivity contribution in [2.75, 3.05) is 0 Å². The Kier molecular flexibility index (Phi) is 1.10. The van der Waals surface area contributed by atoms with Gasteiger partial charge in [0.1, 0.15) is 0 Å². The highest BCUT2D eigenvalue weighted by atomic mass is 16.6. The van der Waals surface area contributed by atoms with E-state index >= 15 is 0 Å². The molecule has 50 valence electrons. The lowest BCUT2D eigenvalue weighted by Crippen LogP contribution is -2.48. The molecule has 0 aromatic carbocycles. The van der Waals surface area contributed by atoms with E-state index in [2.05, 4.69) is 12.2 Å². The summed E-state index contributed by atoms with van der Waals surface area (Å²) in [6.07, 6.45) is 6.18. The molecule has 0 radical (unpaired) electrons. The summed E-state index contributed by atoms with van der Waals surface area (Å²) in [6, 6.07) is 0. The van der Waals surface area contributed by atoms with Crippen molar-refractivity contribution in [2.45, 2.75) is 25.2 Å². The van der Waals surface area contributed by atoms with Gasteiger partial charge in [-0.15, -0.1) is 0 Å². The van der Waals surface area contributed by atoms with Gasteiger partial charge in [-0.25, -0.2) is 0 Å². The number of hydrogen-bond acceptors (Lipinski definition) is 2. The second-order valence-corrected chi connectivity index (χ2v) is 2.65. The maximum atomic E-state index is 8.97. The molecule has 3 unspecified atom stereocenters. The second-order valence-electron chi connectivity index (χ2n) is 2.65. The first-order chi connectivity index (χ1) is 4.38. The van der Waals surface area contributed by atoms with E-state index in [-0.39, 0.29) is 0 Å². The van der Waals surface area contributed by atoms with Gasteiger partial charge in [-0.05, 0) is 12.8 Å². The van der Waals surface area contributed by atoms with Crippen molar-refractivity contribution < 1.29 is 9.84 Å². The van der Waals surface area contributed by atoms with E-state index in [1.165, 1.54) is 0 Å². The molecule has 0 amide bonds. The van der Waals surface area contributed by atoms with E-state index < -0.39 is 6.29 Å². The van der Waals surface area contributed by atoms with Gasteiger partial charge in [-0.1, -0.05) is 12.2 Å². The van der Waals surface area contributed by atoms with Crippen molar-refractivity contribution in [2.24, 2.45) is 5.92 Å². The average Bonchev–Trinajstić information content (AvgIpc) is 1.86. The van der Waals surface area contributed by atoms with E-state index in [4.69, 9.17) is 9.84 Å². The van der Waals surface area contributed by atoms with Gasteiger partial charge < -0.3 is 9.84 Å². The summed E-state index contributed by atoms with van der Waals surface area (Å²) in [5.74, 6) is 0.304. The molecule has 2 aliphatic rings. The van der Waals surface area contributed by atoms with E-state index in [9.17, 15) is 0 Å². The minimum atomic E-state index is -0.508. The number of hydrogen-bond donors (Lipinski definition) is 1. The predicted octanol–water partition coefficient (Wildman–Crippen LogP) is 0.670. The Labute approximate surface area is 54.1 Å². The Morgan fingerprint density at radius 2 is 2.44 bits per heavy atom. The van der Waals surface area contributed by atoms with Crippen LogP contribution in [0.1, 0.15) is 12.8 Å². The molecule has 0 spiro atoms. The van der Waals surface area contributed by atoms with E-state index in [0.717, 1.165) is 12.8 Å². The van der Waals surface area contributed by atoms with Crippen molar-refractivity contribution in [1.82, 2.24) is 0 Å². The highest BCUT2D eigenvalue weighted by Crippen LogP contribution is 2.34. The van der Waals surface area contributed by atoms with Gasteiger partial charge in [-0.3, -0.25) is 0 Å². The molecule has 1 aliphatic heterocycles. The van der Waals surface area contributed by atoms with E-state index in [1.54, 1.807) is 0 Å². The van der Waals surface area contributed by atoms with Crippen molar-refractivity contribution in [3.05, 3.63) is 12.2 Å². The lowest BCUT2D eigenvalue weighted by molar-refractivity contribution is -0.268. The third-order valence-electron chi connectivity index (χ3n) is 2.05. The molecule has 0 aromatic rings. The molecule has 3 atom stereocenters. The van der Waals surface area contributed by atoms with E-state index in [0.29, 0.717) is 12.0 Å². The van der Waals surface area contributed by atoms with E-state index in [1.807, 2.05) is 0 Å². The van der Waals surface area contributed by atoms with Gasteiger partial charge in [-0.2, -0.15) is 0 Å². The first kappa shape index (κ1) is 5.45. The number of aliphatic hydroxyl groups excluding tert-OH is 1. The zero-order valence-corrected chi connectivity index (χ0v) is 5.16. The van der Waals surface area contributed by atoms with Crippen LogP contribution in [0, 0.1) is 5.92 Å². The number of allylic oxidation sites excluding steroid dienone is 1. The fourth-order valence-electron chi connectivity index (χ4n) is 1.45.